The number of carbonyl (C=O) groups is 1. The Bertz CT molecular complexity index is 1320. The van der Waals surface area contributed by atoms with Gasteiger partial charge in [-0.1, -0.05) is 35.9 Å². The molecule has 0 spiro atoms. The van der Waals surface area contributed by atoms with Gasteiger partial charge in [0.25, 0.3) is 5.91 Å². The maximum atomic E-state index is 13.2. The summed E-state index contributed by atoms with van der Waals surface area (Å²) in [5.41, 5.74) is 4.98. The van der Waals surface area contributed by atoms with Crippen molar-refractivity contribution >= 4 is 28.5 Å². The van der Waals surface area contributed by atoms with Gasteiger partial charge in [0.1, 0.15) is 22.8 Å². The van der Waals surface area contributed by atoms with Crippen molar-refractivity contribution in [2.45, 2.75) is 19.0 Å². The molecule has 4 aromatic rings. The topological polar surface area (TPSA) is 98.6 Å². The fourth-order valence-electron chi connectivity index (χ4n) is 3.98. The lowest BCUT2D eigenvalue weighted by Gasteiger charge is -2.26. The van der Waals surface area contributed by atoms with E-state index in [1.807, 2.05) is 47.4 Å². The first kappa shape index (κ1) is 18.3. The van der Waals surface area contributed by atoms with Crippen molar-refractivity contribution in [3.8, 4) is 6.07 Å². The zero-order valence-electron chi connectivity index (χ0n) is 15.7. The lowest BCUT2D eigenvalue weighted by molar-refractivity contribution is 0.0709. The number of carbonyl (C=O) groups excluding carboxylic acids is 1. The lowest BCUT2D eigenvalue weighted by Crippen LogP contribution is -2.29. The van der Waals surface area contributed by atoms with Crippen molar-refractivity contribution < 1.29 is 4.79 Å². The minimum atomic E-state index is -0.254. The molecule has 1 atom stereocenters. The van der Waals surface area contributed by atoms with E-state index in [1.54, 1.807) is 6.07 Å². The van der Waals surface area contributed by atoms with Crippen LogP contribution < -0.4 is 0 Å². The number of fused-ring (bicyclic) bond motifs is 2. The van der Waals surface area contributed by atoms with Crippen molar-refractivity contribution in [2.24, 2.45) is 0 Å². The second kappa shape index (κ2) is 7.25. The summed E-state index contributed by atoms with van der Waals surface area (Å²) in [6.45, 7) is 0.404. The Kier molecular flexibility index (Phi) is 4.42. The fraction of sp³-hybridized carbons (Fsp3) is 0.136. The number of hydrogen-bond acceptors (Lipinski definition) is 5. The summed E-state index contributed by atoms with van der Waals surface area (Å²) >= 11 is 6.40. The summed E-state index contributed by atoms with van der Waals surface area (Å²) in [5, 5.41) is 20.8. The number of halogens is 1. The van der Waals surface area contributed by atoms with Crippen LogP contribution in [0.5, 0.6) is 0 Å². The van der Waals surface area contributed by atoms with Gasteiger partial charge in [0.05, 0.1) is 6.04 Å². The Morgan fingerprint density at radius 3 is 2.83 bits per heavy atom. The normalized spacial score (nSPS) is 15.4. The van der Waals surface area contributed by atoms with Gasteiger partial charge in [-0.25, -0.2) is 4.98 Å². The van der Waals surface area contributed by atoms with Gasteiger partial charge in [0.15, 0.2) is 0 Å². The number of pyridine rings is 1. The van der Waals surface area contributed by atoms with Crippen LogP contribution in [0.15, 0.2) is 54.7 Å². The minimum Gasteiger partial charge on any atom is -0.327 e. The molecule has 1 N–H and O–H groups in total. The third-order valence-corrected chi connectivity index (χ3v) is 5.78. The number of aromatic nitrogens is 4. The molecule has 0 radical (unpaired) electrons. The first-order valence-electron chi connectivity index (χ1n) is 9.38. The van der Waals surface area contributed by atoms with Crippen molar-refractivity contribution in [2.75, 3.05) is 0 Å². The molecule has 0 aliphatic carbocycles. The Hall–Kier alpha value is -3.76. The van der Waals surface area contributed by atoms with Crippen LogP contribution in [-0.4, -0.2) is 31.2 Å². The quantitative estimate of drug-likeness (QED) is 0.547. The number of H-pyrrole nitrogens is 1. The van der Waals surface area contributed by atoms with E-state index in [9.17, 15) is 10.1 Å². The predicted octanol–water partition coefficient (Wildman–Crippen LogP) is 3.82. The average Bonchev–Trinajstić information content (AvgIpc) is 3.33. The summed E-state index contributed by atoms with van der Waals surface area (Å²) in [7, 11) is 0. The number of hydrogen-bond donors (Lipinski definition) is 1. The summed E-state index contributed by atoms with van der Waals surface area (Å²) in [4.78, 5) is 19.2. The molecule has 0 fully saturated rings. The SMILES string of the molecule is N#Cc1nccc(Cl)c1C[C@@H]1c2ccccc2C(=O)N1Cc1ccc2n[nH]nc2c1. The van der Waals surface area contributed by atoms with Crippen LogP contribution >= 0.6 is 11.6 Å². The number of rotatable bonds is 4. The average molecular weight is 415 g/mol. The van der Waals surface area contributed by atoms with E-state index in [1.165, 1.54) is 6.20 Å². The molecule has 0 saturated carbocycles. The molecule has 3 heterocycles. The molecule has 1 aliphatic rings. The first-order chi connectivity index (χ1) is 14.7. The zero-order valence-corrected chi connectivity index (χ0v) is 16.5. The van der Waals surface area contributed by atoms with Crippen LogP contribution in [0.25, 0.3) is 11.0 Å². The van der Waals surface area contributed by atoms with Crippen LogP contribution in [0, 0.1) is 11.3 Å². The molecule has 0 bridgehead atoms. The van der Waals surface area contributed by atoms with E-state index in [0.29, 0.717) is 29.1 Å². The van der Waals surface area contributed by atoms with Gasteiger partial charge in [0.2, 0.25) is 0 Å². The van der Waals surface area contributed by atoms with Gasteiger partial charge in [-0.05, 0) is 35.4 Å². The second-order valence-electron chi connectivity index (χ2n) is 7.12. The third-order valence-electron chi connectivity index (χ3n) is 5.42. The Labute approximate surface area is 176 Å². The smallest absolute Gasteiger partial charge is 0.255 e. The highest BCUT2D eigenvalue weighted by atomic mass is 35.5. The van der Waals surface area contributed by atoms with Crippen LogP contribution in [0.4, 0.5) is 0 Å². The lowest BCUT2D eigenvalue weighted by atomic mass is 9.97. The Balaban J connectivity index is 1.55. The molecule has 1 amide bonds. The van der Waals surface area contributed by atoms with Crippen LogP contribution in [0.2, 0.25) is 5.02 Å². The number of nitrogens with one attached hydrogen (secondary N) is 1. The molecule has 2 aromatic carbocycles. The van der Waals surface area contributed by atoms with Crippen molar-refractivity contribution in [1.29, 1.82) is 5.26 Å². The van der Waals surface area contributed by atoms with E-state index >= 15 is 0 Å². The molecule has 7 nitrogen and oxygen atoms in total. The highest BCUT2D eigenvalue weighted by Crippen LogP contribution is 2.38. The largest absolute Gasteiger partial charge is 0.327 e. The summed E-state index contributed by atoms with van der Waals surface area (Å²) in [5.74, 6) is -0.0469. The molecule has 146 valence electrons. The molecule has 8 heteroatoms. The fourth-order valence-corrected chi connectivity index (χ4v) is 4.21. The summed E-state index contributed by atoms with van der Waals surface area (Å²) < 4.78 is 0. The molecule has 2 aromatic heterocycles. The van der Waals surface area contributed by atoms with Gasteiger partial charge >= 0.3 is 0 Å². The summed E-state index contributed by atoms with van der Waals surface area (Å²) in [6, 6.07) is 16.8. The monoisotopic (exact) mass is 414 g/mol. The van der Waals surface area contributed by atoms with E-state index < -0.39 is 0 Å². The molecular weight excluding hydrogens is 400 g/mol. The molecule has 5 rings (SSSR count). The van der Waals surface area contributed by atoms with E-state index in [0.717, 1.165) is 22.2 Å². The van der Waals surface area contributed by atoms with Crippen molar-refractivity contribution in [1.82, 2.24) is 25.3 Å². The second-order valence-corrected chi connectivity index (χ2v) is 7.53. The molecular formula is C22H15ClN6O. The van der Waals surface area contributed by atoms with Crippen LogP contribution in [0.1, 0.15) is 38.8 Å². The number of benzene rings is 2. The van der Waals surface area contributed by atoms with E-state index in [4.69, 9.17) is 11.6 Å². The summed E-state index contributed by atoms with van der Waals surface area (Å²) in [6.07, 6.45) is 1.92. The molecule has 0 unspecified atom stereocenters. The number of nitriles is 1. The van der Waals surface area contributed by atoms with Gasteiger partial charge in [-0.2, -0.15) is 20.7 Å². The Morgan fingerprint density at radius 1 is 1.13 bits per heavy atom. The molecule has 1 aliphatic heterocycles. The van der Waals surface area contributed by atoms with E-state index in [2.05, 4.69) is 26.5 Å². The first-order valence-corrected chi connectivity index (χ1v) is 9.76. The number of amides is 1. The van der Waals surface area contributed by atoms with Gasteiger partial charge < -0.3 is 4.90 Å². The highest BCUT2D eigenvalue weighted by molar-refractivity contribution is 6.31. The van der Waals surface area contributed by atoms with Gasteiger partial charge in [-0.3, -0.25) is 4.79 Å². The standard InChI is InChI=1S/C22H15ClN6O/c23-17-7-8-25-20(11-24)16(17)10-21-14-3-1-2-4-15(14)22(30)29(21)12-13-5-6-18-19(9-13)27-28-26-18/h1-9,21H,10,12H2,(H,26,27,28)/t21-/m1/s1. The number of aromatic amines is 1. The van der Waals surface area contributed by atoms with Crippen LogP contribution in [-0.2, 0) is 13.0 Å². The maximum absolute atomic E-state index is 13.2. The van der Waals surface area contributed by atoms with Gasteiger partial charge in [-0.15, -0.1) is 0 Å². The molecule has 30 heavy (non-hydrogen) atoms. The zero-order chi connectivity index (χ0) is 20.7. The van der Waals surface area contributed by atoms with Crippen molar-refractivity contribution in [3.05, 3.63) is 87.7 Å². The maximum Gasteiger partial charge on any atom is 0.255 e. The van der Waals surface area contributed by atoms with Crippen molar-refractivity contribution in [3.63, 3.8) is 0 Å². The third kappa shape index (κ3) is 2.98. The minimum absolute atomic E-state index is 0.0469. The Morgan fingerprint density at radius 2 is 1.97 bits per heavy atom. The molecule has 0 saturated heterocycles. The highest BCUT2D eigenvalue weighted by Gasteiger charge is 2.37. The predicted molar refractivity (Wildman–Crippen MR) is 111 cm³/mol. The van der Waals surface area contributed by atoms with Gasteiger partial charge in [0, 0.05) is 35.3 Å². The number of nitrogens with zero attached hydrogens (tertiary/aromatic N) is 5. The van der Waals surface area contributed by atoms with E-state index in [-0.39, 0.29) is 17.6 Å². The van der Waals surface area contributed by atoms with Crippen LogP contribution in [0.3, 0.4) is 0 Å².